The van der Waals surface area contributed by atoms with Gasteiger partial charge in [0.2, 0.25) is 0 Å². The van der Waals surface area contributed by atoms with Gasteiger partial charge in [-0.2, -0.15) is 0 Å². The normalized spacial score (nSPS) is 10.6. The Balaban J connectivity index is 2.58. The molecule has 1 aromatic carbocycles. The molecule has 78 valence electrons. The van der Waals surface area contributed by atoms with E-state index in [-0.39, 0.29) is 10.8 Å². The van der Waals surface area contributed by atoms with Crippen LogP contribution in [0.2, 0.25) is 5.02 Å². The van der Waals surface area contributed by atoms with Crippen molar-refractivity contribution >= 4 is 22.9 Å². The Morgan fingerprint density at radius 1 is 1.33 bits per heavy atom. The SMILES string of the molecule is Cc1cc(-c2cc(Cl)c(F)cc2O)cs1. The first-order valence-electron chi connectivity index (χ1n) is 4.31. The number of rotatable bonds is 1. The van der Waals surface area contributed by atoms with Crippen LogP contribution in [0.1, 0.15) is 4.88 Å². The van der Waals surface area contributed by atoms with Gasteiger partial charge < -0.3 is 5.11 Å². The molecule has 0 radical (unpaired) electrons. The van der Waals surface area contributed by atoms with Crippen LogP contribution in [-0.2, 0) is 0 Å². The van der Waals surface area contributed by atoms with Gasteiger partial charge in [-0.1, -0.05) is 11.6 Å². The highest BCUT2D eigenvalue weighted by atomic mass is 35.5. The van der Waals surface area contributed by atoms with Gasteiger partial charge in [0.15, 0.2) is 0 Å². The van der Waals surface area contributed by atoms with Gasteiger partial charge in [0.1, 0.15) is 11.6 Å². The van der Waals surface area contributed by atoms with Crippen LogP contribution in [0.3, 0.4) is 0 Å². The molecule has 0 aliphatic rings. The number of halogens is 2. The van der Waals surface area contributed by atoms with Crippen molar-refractivity contribution in [3.8, 4) is 16.9 Å². The molecule has 4 heteroatoms. The summed E-state index contributed by atoms with van der Waals surface area (Å²) in [4.78, 5) is 1.13. The monoisotopic (exact) mass is 242 g/mol. The predicted octanol–water partition coefficient (Wildman–Crippen LogP) is 4.22. The molecule has 0 atom stereocenters. The Morgan fingerprint density at radius 3 is 2.67 bits per heavy atom. The van der Waals surface area contributed by atoms with Crippen molar-refractivity contribution in [2.24, 2.45) is 0 Å². The quantitative estimate of drug-likeness (QED) is 0.794. The highest BCUT2D eigenvalue weighted by molar-refractivity contribution is 7.10. The second-order valence-corrected chi connectivity index (χ2v) is 4.75. The van der Waals surface area contributed by atoms with Crippen LogP contribution in [0.15, 0.2) is 23.6 Å². The molecule has 0 amide bonds. The standard InChI is InChI=1S/C11H8ClFOS/c1-6-2-7(5-15-6)8-3-9(12)10(13)4-11(8)14/h2-5,14H,1H3. The maximum atomic E-state index is 13.0. The number of aryl methyl sites for hydroxylation is 1. The van der Waals surface area contributed by atoms with Crippen molar-refractivity contribution in [2.75, 3.05) is 0 Å². The molecule has 0 bridgehead atoms. The molecule has 1 aromatic heterocycles. The molecule has 1 N–H and O–H groups in total. The Labute approximate surface area is 95.8 Å². The fraction of sp³-hybridized carbons (Fsp3) is 0.0909. The summed E-state index contributed by atoms with van der Waals surface area (Å²) in [5.41, 5.74) is 1.42. The van der Waals surface area contributed by atoms with Crippen LogP contribution in [-0.4, -0.2) is 5.11 Å². The molecule has 0 saturated heterocycles. The summed E-state index contributed by atoms with van der Waals surface area (Å²) in [6.45, 7) is 1.97. The Bertz CT molecular complexity index is 507. The van der Waals surface area contributed by atoms with Crippen molar-refractivity contribution in [3.05, 3.63) is 39.3 Å². The summed E-state index contributed by atoms with van der Waals surface area (Å²) in [5, 5.41) is 11.5. The van der Waals surface area contributed by atoms with Gasteiger partial charge in [0.05, 0.1) is 5.02 Å². The van der Waals surface area contributed by atoms with Crippen LogP contribution in [0.25, 0.3) is 11.1 Å². The molecule has 0 fully saturated rings. The first-order valence-corrected chi connectivity index (χ1v) is 5.57. The summed E-state index contributed by atoms with van der Waals surface area (Å²) >= 11 is 7.23. The fourth-order valence-electron chi connectivity index (χ4n) is 1.35. The minimum atomic E-state index is -0.607. The van der Waals surface area contributed by atoms with Crippen molar-refractivity contribution < 1.29 is 9.50 Å². The van der Waals surface area contributed by atoms with Gasteiger partial charge >= 0.3 is 0 Å². The highest BCUT2D eigenvalue weighted by Gasteiger charge is 2.10. The maximum Gasteiger partial charge on any atom is 0.145 e. The lowest BCUT2D eigenvalue weighted by atomic mass is 10.1. The minimum Gasteiger partial charge on any atom is -0.507 e. The lowest BCUT2D eigenvalue weighted by Gasteiger charge is -2.03. The largest absolute Gasteiger partial charge is 0.507 e. The molecule has 2 aromatic rings. The summed E-state index contributed by atoms with van der Waals surface area (Å²) in [6.07, 6.45) is 0. The predicted molar refractivity (Wildman–Crippen MR) is 61.1 cm³/mol. The van der Waals surface area contributed by atoms with E-state index < -0.39 is 5.82 Å². The molecule has 1 nitrogen and oxygen atoms in total. The molecule has 2 rings (SSSR count). The van der Waals surface area contributed by atoms with Gasteiger partial charge in [-0.05, 0) is 30.0 Å². The van der Waals surface area contributed by atoms with Gasteiger partial charge in [0, 0.05) is 16.5 Å². The summed E-state index contributed by atoms with van der Waals surface area (Å²) < 4.78 is 13.0. The van der Waals surface area contributed by atoms with Crippen molar-refractivity contribution in [1.82, 2.24) is 0 Å². The molecule has 0 aliphatic carbocycles. The van der Waals surface area contributed by atoms with Gasteiger partial charge in [0.25, 0.3) is 0 Å². The van der Waals surface area contributed by atoms with E-state index in [2.05, 4.69) is 0 Å². The topological polar surface area (TPSA) is 20.2 Å². The number of phenolic OH excluding ortho intramolecular Hbond substituents is 1. The second kappa shape index (κ2) is 3.83. The number of hydrogen-bond acceptors (Lipinski definition) is 2. The summed E-state index contributed by atoms with van der Waals surface area (Å²) in [6, 6.07) is 4.40. The van der Waals surface area contributed by atoms with Crippen LogP contribution in [0.4, 0.5) is 4.39 Å². The van der Waals surface area contributed by atoms with Crippen molar-refractivity contribution in [2.45, 2.75) is 6.92 Å². The molecule has 0 spiro atoms. The third-order valence-corrected chi connectivity index (χ3v) is 3.23. The zero-order chi connectivity index (χ0) is 11.0. The zero-order valence-corrected chi connectivity index (χ0v) is 9.49. The summed E-state index contributed by atoms with van der Waals surface area (Å²) in [7, 11) is 0. The zero-order valence-electron chi connectivity index (χ0n) is 7.92. The first-order chi connectivity index (χ1) is 7.08. The lowest BCUT2D eigenvalue weighted by molar-refractivity contribution is 0.471. The molecular weight excluding hydrogens is 235 g/mol. The third kappa shape index (κ3) is 1.98. The van der Waals surface area contributed by atoms with Gasteiger partial charge in [-0.15, -0.1) is 11.3 Å². The number of phenols is 1. The van der Waals surface area contributed by atoms with E-state index in [9.17, 15) is 9.50 Å². The third-order valence-electron chi connectivity index (χ3n) is 2.08. The van der Waals surface area contributed by atoms with Gasteiger partial charge in [-0.25, -0.2) is 4.39 Å². The van der Waals surface area contributed by atoms with E-state index in [1.807, 2.05) is 18.4 Å². The maximum absolute atomic E-state index is 13.0. The average Bonchev–Trinajstić information content (AvgIpc) is 2.58. The first kappa shape index (κ1) is 10.5. The minimum absolute atomic E-state index is 0.0200. The fourth-order valence-corrected chi connectivity index (χ4v) is 2.22. The second-order valence-electron chi connectivity index (χ2n) is 3.23. The number of thiophene rings is 1. The van der Waals surface area contributed by atoms with E-state index in [1.54, 1.807) is 11.3 Å². The average molecular weight is 243 g/mol. The highest BCUT2D eigenvalue weighted by Crippen LogP contribution is 2.35. The summed E-state index contributed by atoms with van der Waals surface area (Å²) in [5.74, 6) is -0.695. The Morgan fingerprint density at radius 2 is 2.07 bits per heavy atom. The Kier molecular flexibility index (Phi) is 2.67. The van der Waals surface area contributed by atoms with Crippen molar-refractivity contribution in [3.63, 3.8) is 0 Å². The van der Waals surface area contributed by atoms with E-state index in [4.69, 9.17) is 11.6 Å². The molecule has 1 heterocycles. The number of hydrogen-bond donors (Lipinski definition) is 1. The van der Waals surface area contributed by atoms with Crippen molar-refractivity contribution in [1.29, 1.82) is 0 Å². The van der Waals surface area contributed by atoms with E-state index in [0.717, 1.165) is 16.5 Å². The number of aromatic hydroxyl groups is 1. The van der Waals surface area contributed by atoms with Crippen LogP contribution < -0.4 is 0 Å². The van der Waals surface area contributed by atoms with E-state index in [1.165, 1.54) is 6.07 Å². The molecule has 0 saturated carbocycles. The van der Waals surface area contributed by atoms with Crippen LogP contribution in [0, 0.1) is 12.7 Å². The number of benzene rings is 1. The molecule has 15 heavy (non-hydrogen) atoms. The lowest BCUT2D eigenvalue weighted by Crippen LogP contribution is -1.81. The van der Waals surface area contributed by atoms with Gasteiger partial charge in [-0.3, -0.25) is 0 Å². The van der Waals surface area contributed by atoms with Crippen LogP contribution >= 0.6 is 22.9 Å². The van der Waals surface area contributed by atoms with E-state index >= 15 is 0 Å². The molecular formula is C11H8ClFOS. The smallest absolute Gasteiger partial charge is 0.145 e. The van der Waals surface area contributed by atoms with Crippen LogP contribution in [0.5, 0.6) is 5.75 Å². The molecule has 0 aliphatic heterocycles. The Hall–Kier alpha value is -1.06. The van der Waals surface area contributed by atoms with E-state index in [0.29, 0.717) is 5.56 Å². The molecule has 0 unspecified atom stereocenters.